The van der Waals surface area contributed by atoms with Gasteiger partial charge in [-0.25, -0.2) is 13.4 Å². The Kier molecular flexibility index (Phi) is 3.71. The number of aliphatic imine (C=N–C) groups is 1. The minimum absolute atomic E-state index is 0.00541. The van der Waals surface area contributed by atoms with E-state index in [2.05, 4.69) is 10.3 Å². The lowest BCUT2D eigenvalue weighted by Crippen LogP contribution is -2.44. The van der Waals surface area contributed by atoms with Gasteiger partial charge in [0.15, 0.2) is 9.84 Å². The summed E-state index contributed by atoms with van der Waals surface area (Å²) in [6.07, 6.45) is 0.0592. The maximum Gasteiger partial charge on any atom is 0.249 e. The zero-order chi connectivity index (χ0) is 16.8. The molecule has 3 rings (SSSR count). The lowest BCUT2D eigenvalue weighted by molar-refractivity contribution is -0.125. The van der Waals surface area contributed by atoms with Gasteiger partial charge in [0.2, 0.25) is 11.8 Å². The first-order chi connectivity index (χ1) is 10.8. The Balaban J connectivity index is 2.06. The van der Waals surface area contributed by atoms with Crippen LogP contribution in [0.3, 0.4) is 0 Å². The normalized spacial score (nSPS) is 21.0. The maximum atomic E-state index is 12.3. The SMILES string of the molecule is CCS(=O)(=O)c1cccc2c1CN(C1CC(=O)NC1=O)C(C)=N2. The Morgan fingerprint density at radius 3 is 2.70 bits per heavy atom. The lowest BCUT2D eigenvalue weighted by atomic mass is 10.1. The van der Waals surface area contributed by atoms with E-state index in [0.29, 0.717) is 17.1 Å². The molecule has 1 atom stereocenters. The number of carbonyl (C=O) groups excluding carboxylic acids is 2. The standard InChI is InChI=1S/C15H17N3O4S/c1-3-23(21,22)13-6-4-5-11-10(13)8-18(9(2)16-11)12-7-14(19)17-15(12)20/h4-6,12H,3,7-8H2,1-2H3,(H,17,19,20). The third kappa shape index (κ3) is 2.63. The molecule has 23 heavy (non-hydrogen) atoms. The van der Waals surface area contributed by atoms with Crippen LogP contribution in [-0.4, -0.2) is 42.8 Å². The highest BCUT2D eigenvalue weighted by Gasteiger charge is 2.38. The molecule has 0 radical (unpaired) electrons. The fraction of sp³-hybridized carbons (Fsp3) is 0.400. The van der Waals surface area contributed by atoms with Gasteiger partial charge in [0, 0.05) is 12.1 Å². The summed E-state index contributed by atoms with van der Waals surface area (Å²) in [6, 6.07) is 4.34. The molecule has 1 aromatic rings. The molecule has 1 aromatic carbocycles. The molecular weight excluding hydrogens is 318 g/mol. The van der Waals surface area contributed by atoms with Gasteiger partial charge in [-0.15, -0.1) is 0 Å². The molecule has 1 fully saturated rings. The highest BCUT2D eigenvalue weighted by molar-refractivity contribution is 7.91. The molecule has 0 bridgehead atoms. The summed E-state index contributed by atoms with van der Waals surface area (Å²) in [4.78, 5) is 29.7. The van der Waals surface area contributed by atoms with Crippen molar-refractivity contribution in [3.63, 3.8) is 0 Å². The fourth-order valence-electron chi connectivity index (χ4n) is 2.92. The first kappa shape index (κ1) is 15.7. The number of sulfone groups is 1. The second-order valence-electron chi connectivity index (χ2n) is 5.58. The van der Waals surface area contributed by atoms with Crippen molar-refractivity contribution in [3.8, 4) is 0 Å². The Hall–Kier alpha value is -2.22. The Morgan fingerprint density at radius 2 is 2.09 bits per heavy atom. The Bertz CT molecular complexity index is 829. The Labute approximate surface area is 134 Å². The van der Waals surface area contributed by atoms with Crippen molar-refractivity contribution in [3.05, 3.63) is 23.8 Å². The molecule has 8 heteroatoms. The second-order valence-corrected chi connectivity index (χ2v) is 7.82. The number of nitrogens with zero attached hydrogens (tertiary/aromatic N) is 2. The van der Waals surface area contributed by atoms with Gasteiger partial charge in [-0.05, 0) is 19.1 Å². The van der Waals surface area contributed by atoms with Gasteiger partial charge in [-0.1, -0.05) is 13.0 Å². The summed E-state index contributed by atoms with van der Waals surface area (Å²) in [5.74, 6) is -0.107. The zero-order valence-electron chi connectivity index (χ0n) is 12.9. The molecule has 2 amide bonds. The highest BCUT2D eigenvalue weighted by atomic mass is 32.2. The van der Waals surface area contributed by atoms with E-state index < -0.39 is 15.9 Å². The predicted octanol–water partition coefficient (Wildman–Crippen LogP) is 0.761. The quantitative estimate of drug-likeness (QED) is 0.823. The number of fused-ring (bicyclic) bond motifs is 1. The number of nitrogens with one attached hydrogen (secondary N) is 1. The zero-order valence-corrected chi connectivity index (χ0v) is 13.7. The van der Waals surface area contributed by atoms with Crippen LogP contribution in [0.5, 0.6) is 0 Å². The minimum Gasteiger partial charge on any atom is -0.343 e. The van der Waals surface area contributed by atoms with Crippen molar-refractivity contribution in [1.82, 2.24) is 10.2 Å². The van der Waals surface area contributed by atoms with Gasteiger partial charge in [0.05, 0.1) is 22.8 Å². The van der Waals surface area contributed by atoms with Crippen LogP contribution in [0.2, 0.25) is 0 Å². The molecule has 1 N–H and O–H groups in total. The smallest absolute Gasteiger partial charge is 0.249 e. The van der Waals surface area contributed by atoms with Crippen molar-refractivity contribution in [2.24, 2.45) is 4.99 Å². The van der Waals surface area contributed by atoms with E-state index >= 15 is 0 Å². The molecule has 0 aromatic heterocycles. The van der Waals surface area contributed by atoms with Crippen LogP contribution in [-0.2, 0) is 26.0 Å². The van der Waals surface area contributed by atoms with Gasteiger partial charge >= 0.3 is 0 Å². The maximum absolute atomic E-state index is 12.3. The summed E-state index contributed by atoms with van der Waals surface area (Å²) in [5.41, 5.74) is 1.17. The molecule has 0 aliphatic carbocycles. The van der Waals surface area contributed by atoms with Gasteiger partial charge in [-0.2, -0.15) is 0 Å². The fourth-order valence-corrected chi connectivity index (χ4v) is 4.06. The number of amides is 2. The molecule has 2 aliphatic heterocycles. The summed E-state index contributed by atoms with van der Waals surface area (Å²) in [5, 5.41) is 2.27. The molecular formula is C15H17N3O4S. The Morgan fingerprint density at radius 1 is 1.35 bits per heavy atom. The van der Waals surface area contributed by atoms with Crippen LogP contribution in [0.25, 0.3) is 0 Å². The highest BCUT2D eigenvalue weighted by Crippen LogP contribution is 2.33. The molecule has 1 saturated heterocycles. The van der Waals surface area contributed by atoms with Gasteiger partial charge < -0.3 is 4.90 Å². The number of rotatable bonds is 3. The number of carbonyl (C=O) groups is 2. The molecule has 122 valence electrons. The second kappa shape index (κ2) is 5.45. The van der Waals surface area contributed by atoms with Crippen LogP contribution in [0.1, 0.15) is 25.8 Å². The van der Waals surface area contributed by atoms with Gasteiger partial charge in [-0.3, -0.25) is 14.9 Å². The predicted molar refractivity (Wildman–Crippen MR) is 84.0 cm³/mol. The number of amidine groups is 1. The third-order valence-electron chi connectivity index (χ3n) is 4.17. The van der Waals surface area contributed by atoms with Gasteiger partial charge in [0.1, 0.15) is 11.9 Å². The molecule has 2 heterocycles. The first-order valence-corrected chi connectivity index (χ1v) is 8.99. The minimum atomic E-state index is -3.39. The number of imide groups is 1. The van der Waals surface area contributed by atoms with E-state index in [1.54, 1.807) is 36.9 Å². The average molecular weight is 335 g/mol. The number of hydrogen-bond donors (Lipinski definition) is 1. The largest absolute Gasteiger partial charge is 0.343 e. The monoisotopic (exact) mass is 335 g/mol. The van der Waals surface area contributed by atoms with Crippen molar-refractivity contribution in [2.45, 2.75) is 37.8 Å². The molecule has 0 saturated carbocycles. The van der Waals surface area contributed by atoms with E-state index in [1.165, 1.54) is 0 Å². The topological polar surface area (TPSA) is 95.9 Å². The van der Waals surface area contributed by atoms with Crippen LogP contribution in [0, 0.1) is 0 Å². The molecule has 1 unspecified atom stereocenters. The first-order valence-electron chi connectivity index (χ1n) is 7.33. The van der Waals surface area contributed by atoms with E-state index in [9.17, 15) is 18.0 Å². The lowest BCUT2D eigenvalue weighted by Gasteiger charge is -2.33. The summed E-state index contributed by atoms with van der Waals surface area (Å²) < 4.78 is 24.6. The van der Waals surface area contributed by atoms with Crippen molar-refractivity contribution >= 4 is 33.2 Å². The van der Waals surface area contributed by atoms with Crippen LogP contribution in [0.4, 0.5) is 5.69 Å². The van der Waals surface area contributed by atoms with Crippen LogP contribution in [0.15, 0.2) is 28.1 Å². The van der Waals surface area contributed by atoms with Crippen LogP contribution >= 0.6 is 0 Å². The average Bonchev–Trinajstić information content (AvgIpc) is 2.84. The van der Waals surface area contributed by atoms with Gasteiger partial charge in [0.25, 0.3) is 0 Å². The van der Waals surface area contributed by atoms with E-state index in [4.69, 9.17) is 0 Å². The summed E-state index contributed by atoms with van der Waals surface area (Å²) >= 11 is 0. The van der Waals surface area contributed by atoms with Crippen LogP contribution < -0.4 is 5.32 Å². The van der Waals surface area contributed by atoms with E-state index in [-0.39, 0.29) is 35.4 Å². The van der Waals surface area contributed by atoms with Crippen molar-refractivity contribution in [1.29, 1.82) is 0 Å². The number of benzene rings is 1. The molecule has 7 nitrogen and oxygen atoms in total. The third-order valence-corrected chi connectivity index (χ3v) is 5.98. The number of hydrogen-bond acceptors (Lipinski definition) is 6. The van der Waals surface area contributed by atoms with Crippen molar-refractivity contribution < 1.29 is 18.0 Å². The van der Waals surface area contributed by atoms with E-state index in [0.717, 1.165) is 0 Å². The molecule has 2 aliphatic rings. The van der Waals surface area contributed by atoms with Crippen molar-refractivity contribution in [2.75, 3.05) is 5.75 Å². The summed E-state index contributed by atoms with van der Waals surface area (Å²) in [6.45, 7) is 3.58. The van der Waals surface area contributed by atoms with E-state index in [1.807, 2.05) is 0 Å². The molecule has 0 spiro atoms. The summed E-state index contributed by atoms with van der Waals surface area (Å²) in [7, 11) is -3.39.